The second-order valence-electron chi connectivity index (χ2n) is 2.91. The molecule has 0 atom stereocenters. The molecule has 0 bridgehead atoms. The topological polar surface area (TPSA) is 46.5 Å². The van der Waals surface area contributed by atoms with E-state index >= 15 is 0 Å². The molecule has 1 aromatic carbocycles. The number of rotatable bonds is 4. The zero-order chi connectivity index (χ0) is 10.4. The normalized spacial score (nSPS) is 9.79. The van der Waals surface area contributed by atoms with E-state index in [1.165, 1.54) is 18.6 Å². The van der Waals surface area contributed by atoms with E-state index in [-0.39, 0.29) is 11.7 Å². The third-order valence-electron chi connectivity index (χ3n) is 1.64. The fourth-order valence-electron chi connectivity index (χ4n) is 0.967. The molecule has 0 heterocycles. The van der Waals surface area contributed by atoms with Crippen LogP contribution in [-0.2, 0) is 4.79 Å². The van der Waals surface area contributed by atoms with Gasteiger partial charge in [-0.15, -0.1) is 0 Å². The number of phenolic OH excluding ortho intramolecular Hbond substituents is 1. The van der Waals surface area contributed by atoms with Gasteiger partial charge in [-0.2, -0.15) is 0 Å². The smallest absolute Gasteiger partial charge is 0.315 e. The Bertz CT molecular complexity index is 307. The van der Waals surface area contributed by atoms with E-state index in [4.69, 9.17) is 9.84 Å². The molecule has 1 N–H and O–H groups in total. The summed E-state index contributed by atoms with van der Waals surface area (Å²) in [5.74, 6) is 0.0746. The first-order valence-corrected chi connectivity index (χ1v) is 4.56. The number of hydrogen-bond acceptors (Lipinski definition) is 3. The van der Waals surface area contributed by atoms with Crippen LogP contribution in [0.4, 0.5) is 0 Å². The van der Waals surface area contributed by atoms with Gasteiger partial charge in [0.1, 0.15) is 11.5 Å². The molecular weight excluding hydrogens is 180 g/mol. The summed E-state index contributed by atoms with van der Waals surface area (Å²) in [6.45, 7) is 1.98. The molecule has 75 valence electrons. The Balaban J connectivity index is 2.47. The molecule has 3 nitrogen and oxygen atoms in total. The minimum absolute atomic E-state index is 0.0887. The quantitative estimate of drug-likeness (QED) is 0.589. The van der Waals surface area contributed by atoms with Crippen LogP contribution in [0.15, 0.2) is 24.3 Å². The molecule has 1 aromatic rings. The summed E-state index contributed by atoms with van der Waals surface area (Å²) in [5.41, 5.74) is 0. The summed E-state index contributed by atoms with van der Waals surface area (Å²) in [6.07, 6.45) is 3.11. The third-order valence-corrected chi connectivity index (χ3v) is 1.64. The fourth-order valence-corrected chi connectivity index (χ4v) is 0.967. The van der Waals surface area contributed by atoms with Crippen molar-refractivity contribution in [1.29, 1.82) is 0 Å². The minimum Gasteiger partial charge on any atom is -0.508 e. The van der Waals surface area contributed by atoms with Crippen molar-refractivity contribution in [1.82, 2.24) is 0 Å². The summed E-state index contributed by atoms with van der Waals surface area (Å²) < 4.78 is 4.94. The molecule has 0 amide bonds. The van der Waals surface area contributed by atoms with Crippen LogP contribution in [0.1, 0.15) is 19.8 Å². The number of benzene rings is 1. The monoisotopic (exact) mass is 193 g/mol. The van der Waals surface area contributed by atoms with E-state index in [2.05, 4.69) is 0 Å². The lowest BCUT2D eigenvalue weighted by Crippen LogP contribution is -2.07. The Kier molecular flexibility index (Phi) is 3.98. The molecule has 0 spiro atoms. The molecule has 0 unspecified atom stereocenters. The molecule has 1 radical (unpaired) electrons. The molecule has 0 aliphatic heterocycles. The van der Waals surface area contributed by atoms with E-state index in [0.717, 1.165) is 6.42 Å². The van der Waals surface area contributed by atoms with Gasteiger partial charge in [-0.3, -0.25) is 4.79 Å². The molecule has 0 aromatic heterocycles. The summed E-state index contributed by atoms with van der Waals surface area (Å²) in [4.78, 5) is 11.1. The van der Waals surface area contributed by atoms with Gasteiger partial charge in [-0.25, -0.2) is 0 Å². The molecule has 3 heteroatoms. The first kappa shape index (κ1) is 10.6. The molecule has 0 aliphatic carbocycles. The van der Waals surface area contributed by atoms with Gasteiger partial charge < -0.3 is 9.84 Å². The van der Waals surface area contributed by atoms with Crippen LogP contribution < -0.4 is 4.74 Å². The molecule has 0 fully saturated rings. The highest BCUT2D eigenvalue weighted by Gasteiger charge is 2.04. The zero-order valence-electron chi connectivity index (χ0n) is 8.06. The SMILES string of the molecule is CCC[CH]C(=O)Oc1cccc(O)c1. The molecule has 14 heavy (non-hydrogen) atoms. The number of phenols is 1. The van der Waals surface area contributed by atoms with Gasteiger partial charge in [0.15, 0.2) is 0 Å². The Morgan fingerprint density at radius 2 is 2.36 bits per heavy atom. The second-order valence-corrected chi connectivity index (χ2v) is 2.91. The summed E-state index contributed by atoms with van der Waals surface area (Å²) in [7, 11) is 0. The van der Waals surface area contributed by atoms with Gasteiger partial charge in [0.05, 0.1) is 6.42 Å². The maximum atomic E-state index is 11.1. The highest BCUT2D eigenvalue weighted by atomic mass is 16.5. The highest BCUT2D eigenvalue weighted by Crippen LogP contribution is 2.18. The number of carbonyl (C=O) groups is 1. The van der Waals surface area contributed by atoms with Crippen LogP contribution in [0.25, 0.3) is 0 Å². The lowest BCUT2D eigenvalue weighted by molar-refractivity contribution is -0.130. The lowest BCUT2D eigenvalue weighted by Gasteiger charge is -2.03. The van der Waals surface area contributed by atoms with Gasteiger partial charge >= 0.3 is 5.97 Å². The van der Waals surface area contributed by atoms with Gasteiger partial charge in [-0.1, -0.05) is 19.4 Å². The average Bonchev–Trinajstić information content (AvgIpc) is 2.15. The van der Waals surface area contributed by atoms with Crippen LogP contribution in [0.2, 0.25) is 0 Å². The van der Waals surface area contributed by atoms with Crippen LogP contribution in [0.5, 0.6) is 11.5 Å². The number of unbranched alkanes of at least 4 members (excludes halogenated alkanes) is 1. The predicted octanol–water partition coefficient (Wildman–Crippen LogP) is 2.30. The third kappa shape index (κ3) is 3.47. The Morgan fingerprint density at radius 3 is 3.00 bits per heavy atom. The van der Waals surface area contributed by atoms with Crippen molar-refractivity contribution in [2.75, 3.05) is 0 Å². The summed E-state index contributed by atoms with van der Waals surface area (Å²) in [5, 5.41) is 9.10. The van der Waals surface area contributed by atoms with Gasteiger partial charge in [0, 0.05) is 6.07 Å². The van der Waals surface area contributed by atoms with E-state index in [1.54, 1.807) is 12.1 Å². The lowest BCUT2D eigenvalue weighted by atomic mass is 10.2. The van der Waals surface area contributed by atoms with Crippen LogP contribution in [0, 0.1) is 6.42 Å². The second kappa shape index (κ2) is 5.27. The fraction of sp³-hybridized carbons (Fsp3) is 0.273. The van der Waals surface area contributed by atoms with Crippen molar-refractivity contribution in [2.45, 2.75) is 19.8 Å². The standard InChI is InChI=1S/C11H13O3/c1-2-3-7-11(13)14-10-6-4-5-9(12)8-10/h4-8,12H,2-3H2,1H3. The average molecular weight is 193 g/mol. The number of aromatic hydroxyl groups is 1. The van der Waals surface area contributed by atoms with Crippen molar-refractivity contribution >= 4 is 5.97 Å². The van der Waals surface area contributed by atoms with E-state index in [1.807, 2.05) is 6.92 Å². The number of carbonyl (C=O) groups excluding carboxylic acids is 1. The Morgan fingerprint density at radius 1 is 1.57 bits per heavy atom. The Hall–Kier alpha value is -1.51. The van der Waals surface area contributed by atoms with E-state index in [0.29, 0.717) is 12.2 Å². The van der Waals surface area contributed by atoms with Crippen molar-refractivity contribution in [3.05, 3.63) is 30.7 Å². The minimum atomic E-state index is -0.377. The summed E-state index contributed by atoms with van der Waals surface area (Å²) in [6, 6.07) is 6.17. The van der Waals surface area contributed by atoms with Crippen LogP contribution >= 0.6 is 0 Å². The Labute approximate surface area is 83.3 Å². The van der Waals surface area contributed by atoms with Gasteiger partial charge in [0.2, 0.25) is 0 Å². The van der Waals surface area contributed by atoms with Gasteiger partial charge in [0.25, 0.3) is 0 Å². The van der Waals surface area contributed by atoms with Crippen molar-refractivity contribution < 1.29 is 14.6 Å². The highest BCUT2D eigenvalue weighted by molar-refractivity contribution is 5.81. The van der Waals surface area contributed by atoms with E-state index in [9.17, 15) is 4.79 Å². The molecule has 1 rings (SSSR count). The molecule has 0 saturated heterocycles. The van der Waals surface area contributed by atoms with Gasteiger partial charge in [-0.05, 0) is 18.6 Å². The first-order chi connectivity index (χ1) is 6.72. The molecule has 0 saturated carbocycles. The zero-order valence-corrected chi connectivity index (χ0v) is 8.06. The largest absolute Gasteiger partial charge is 0.508 e. The maximum Gasteiger partial charge on any atom is 0.315 e. The predicted molar refractivity (Wildman–Crippen MR) is 52.9 cm³/mol. The van der Waals surface area contributed by atoms with Crippen molar-refractivity contribution in [2.24, 2.45) is 0 Å². The maximum absolute atomic E-state index is 11.1. The first-order valence-electron chi connectivity index (χ1n) is 4.56. The molecule has 0 aliphatic rings. The van der Waals surface area contributed by atoms with Crippen molar-refractivity contribution in [3.63, 3.8) is 0 Å². The number of esters is 1. The summed E-state index contributed by atoms with van der Waals surface area (Å²) >= 11 is 0. The van der Waals surface area contributed by atoms with Crippen LogP contribution in [0.3, 0.4) is 0 Å². The molecular formula is C11H13O3. The number of ether oxygens (including phenoxy) is 1. The van der Waals surface area contributed by atoms with Crippen molar-refractivity contribution in [3.8, 4) is 11.5 Å². The van der Waals surface area contributed by atoms with E-state index < -0.39 is 0 Å². The van der Waals surface area contributed by atoms with Crippen LogP contribution in [-0.4, -0.2) is 11.1 Å². The number of hydrogen-bond donors (Lipinski definition) is 1.